The van der Waals surface area contributed by atoms with E-state index in [1.54, 1.807) is 0 Å². The predicted molar refractivity (Wildman–Crippen MR) is 70.2 cm³/mol. The number of ether oxygens (including phenoxy) is 1. The fourth-order valence-corrected chi connectivity index (χ4v) is 2.03. The third kappa shape index (κ3) is 6.21. The number of alkyl carbamates (subject to hydrolysis) is 1. The Bertz CT molecular complexity index is 255. The Balaban J connectivity index is 2.21. The van der Waals surface area contributed by atoms with E-state index in [0.29, 0.717) is 12.6 Å². The summed E-state index contributed by atoms with van der Waals surface area (Å²) in [5, 5.41) is 2.92. The van der Waals surface area contributed by atoms with Crippen LogP contribution in [-0.2, 0) is 9.57 Å². The molecule has 0 heterocycles. The molecule has 1 saturated carbocycles. The van der Waals surface area contributed by atoms with Crippen LogP contribution >= 0.6 is 0 Å². The highest BCUT2D eigenvalue weighted by Gasteiger charge is 2.24. The van der Waals surface area contributed by atoms with Crippen molar-refractivity contribution in [3.05, 3.63) is 0 Å². The van der Waals surface area contributed by atoms with Gasteiger partial charge < -0.3 is 14.9 Å². The van der Waals surface area contributed by atoms with E-state index >= 15 is 0 Å². The third-order valence-corrected chi connectivity index (χ3v) is 2.84. The number of rotatable bonds is 4. The lowest BCUT2D eigenvalue weighted by Gasteiger charge is -2.30. The van der Waals surface area contributed by atoms with Crippen LogP contribution in [0.3, 0.4) is 0 Å². The molecule has 18 heavy (non-hydrogen) atoms. The van der Waals surface area contributed by atoms with Crippen molar-refractivity contribution >= 4 is 6.09 Å². The minimum Gasteiger partial charge on any atom is -0.444 e. The lowest BCUT2D eigenvalue weighted by atomic mass is 9.92. The van der Waals surface area contributed by atoms with Crippen molar-refractivity contribution in [3.63, 3.8) is 0 Å². The van der Waals surface area contributed by atoms with Gasteiger partial charge in [0, 0.05) is 12.1 Å². The fourth-order valence-electron chi connectivity index (χ4n) is 2.03. The lowest BCUT2D eigenvalue weighted by molar-refractivity contribution is 0.0117. The maximum atomic E-state index is 11.6. The highest BCUT2D eigenvalue weighted by Crippen LogP contribution is 2.19. The van der Waals surface area contributed by atoms with E-state index in [0.717, 1.165) is 25.7 Å². The minimum atomic E-state index is -0.433. The summed E-state index contributed by atoms with van der Waals surface area (Å²) < 4.78 is 5.24. The zero-order chi connectivity index (χ0) is 13.6. The first-order valence-electron chi connectivity index (χ1n) is 6.77. The molecule has 2 N–H and O–H groups in total. The second-order valence-electron chi connectivity index (χ2n) is 5.75. The van der Waals surface area contributed by atoms with Crippen molar-refractivity contribution in [1.82, 2.24) is 10.8 Å². The smallest absolute Gasteiger partial charge is 0.407 e. The number of carbonyl (C=O) groups is 1. The van der Waals surface area contributed by atoms with Crippen molar-refractivity contribution < 1.29 is 14.4 Å². The molecule has 0 bridgehead atoms. The van der Waals surface area contributed by atoms with E-state index in [9.17, 15) is 4.79 Å². The van der Waals surface area contributed by atoms with Gasteiger partial charge in [-0.15, -0.1) is 0 Å². The summed E-state index contributed by atoms with van der Waals surface area (Å²) in [5.41, 5.74) is 2.61. The van der Waals surface area contributed by atoms with Gasteiger partial charge in [0.25, 0.3) is 0 Å². The first kappa shape index (κ1) is 15.2. The van der Waals surface area contributed by atoms with Gasteiger partial charge in [0.15, 0.2) is 0 Å². The molecule has 1 aliphatic rings. The zero-order valence-corrected chi connectivity index (χ0v) is 11.9. The highest BCUT2D eigenvalue weighted by atomic mass is 16.6. The molecule has 106 valence electrons. The Morgan fingerprint density at radius 2 is 1.72 bits per heavy atom. The number of amides is 1. The molecule has 0 spiro atoms. The molecule has 1 amide bonds. The van der Waals surface area contributed by atoms with Gasteiger partial charge in [0.1, 0.15) is 5.60 Å². The van der Waals surface area contributed by atoms with E-state index in [4.69, 9.17) is 9.57 Å². The van der Waals surface area contributed by atoms with Crippen LogP contribution in [-0.4, -0.2) is 30.4 Å². The molecule has 0 unspecified atom stereocenters. The molecule has 1 aliphatic carbocycles. The van der Waals surface area contributed by atoms with E-state index in [2.05, 4.69) is 10.8 Å². The molecule has 1 rings (SSSR count). The summed E-state index contributed by atoms with van der Waals surface area (Å²) in [7, 11) is 0. The van der Waals surface area contributed by atoms with Gasteiger partial charge in [-0.25, -0.2) is 4.79 Å². The van der Waals surface area contributed by atoms with Crippen LogP contribution in [0.4, 0.5) is 4.79 Å². The van der Waals surface area contributed by atoms with Crippen LogP contribution < -0.4 is 10.8 Å². The summed E-state index contributed by atoms with van der Waals surface area (Å²) >= 11 is 0. The molecular formula is C13H26N2O3. The van der Waals surface area contributed by atoms with Gasteiger partial charge in [-0.05, 0) is 53.4 Å². The predicted octanol–water partition coefficient (Wildman–Crippen LogP) is 2.36. The van der Waals surface area contributed by atoms with Crippen molar-refractivity contribution in [2.45, 2.75) is 71.1 Å². The number of carbonyl (C=O) groups excluding carboxylic acids is 1. The van der Waals surface area contributed by atoms with E-state index in [-0.39, 0.29) is 12.1 Å². The Morgan fingerprint density at radius 3 is 2.22 bits per heavy atom. The number of nitrogens with one attached hydrogen (secondary N) is 2. The molecule has 5 nitrogen and oxygen atoms in total. The summed E-state index contributed by atoms with van der Waals surface area (Å²) in [6.45, 7) is 8.25. The molecule has 0 aromatic heterocycles. The van der Waals surface area contributed by atoms with Gasteiger partial charge in [-0.2, -0.15) is 5.48 Å². The van der Waals surface area contributed by atoms with Crippen LogP contribution in [0.1, 0.15) is 53.4 Å². The summed E-state index contributed by atoms with van der Waals surface area (Å²) in [6.07, 6.45) is 3.64. The molecule has 0 aromatic carbocycles. The van der Waals surface area contributed by atoms with Crippen LogP contribution in [0, 0.1) is 0 Å². The summed E-state index contributed by atoms with van der Waals surface area (Å²) in [6, 6.07) is 0.626. The Kier molecular flexibility index (Phi) is 5.88. The number of hydroxylamine groups is 1. The maximum absolute atomic E-state index is 11.6. The second kappa shape index (κ2) is 6.95. The average molecular weight is 258 g/mol. The fraction of sp³-hybridized carbons (Fsp3) is 0.923. The van der Waals surface area contributed by atoms with Gasteiger partial charge in [0.2, 0.25) is 0 Å². The quantitative estimate of drug-likeness (QED) is 0.760. The molecule has 0 saturated heterocycles. The molecule has 0 radical (unpaired) electrons. The monoisotopic (exact) mass is 258 g/mol. The average Bonchev–Trinajstić information content (AvgIpc) is 2.25. The van der Waals surface area contributed by atoms with E-state index in [1.165, 1.54) is 0 Å². The van der Waals surface area contributed by atoms with Crippen molar-refractivity contribution in [2.24, 2.45) is 0 Å². The standard InChI is InChI=1S/C13H26N2O3/c1-5-17-15-11-8-6-10(7-9-11)14-12(16)18-13(2,3)4/h10-11,15H,5-9H2,1-4H3,(H,14,16). The van der Waals surface area contributed by atoms with E-state index < -0.39 is 5.60 Å². The van der Waals surface area contributed by atoms with Crippen LogP contribution in [0.25, 0.3) is 0 Å². The molecule has 1 fully saturated rings. The number of hydrogen-bond donors (Lipinski definition) is 2. The Labute approximate surface area is 110 Å². The second-order valence-corrected chi connectivity index (χ2v) is 5.75. The van der Waals surface area contributed by atoms with Crippen LogP contribution in [0.2, 0.25) is 0 Å². The molecular weight excluding hydrogens is 232 g/mol. The first-order chi connectivity index (χ1) is 8.40. The Hall–Kier alpha value is -0.810. The molecule has 0 atom stereocenters. The first-order valence-corrected chi connectivity index (χ1v) is 6.77. The summed E-state index contributed by atoms with van der Waals surface area (Å²) in [4.78, 5) is 16.8. The Morgan fingerprint density at radius 1 is 1.17 bits per heavy atom. The van der Waals surface area contributed by atoms with Crippen LogP contribution in [0.5, 0.6) is 0 Å². The number of hydrogen-bond acceptors (Lipinski definition) is 4. The van der Waals surface area contributed by atoms with Crippen molar-refractivity contribution in [2.75, 3.05) is 6.61 Å². The SMILES string of the molecule is CCONC1CCC(NC(=O)OC(C)(C)C)CC1. The van der Waals surface area contributed by atoms with Crippen LogP contribution in [0.15, 0.2) is 0 Å². The normalized spacial score (nSPS) is 24.7. The maximum Gasteiger partial charge on any atom is 0.407 e. The van der Waals surface area contributed by atoms with Gasteiger partial charge in [-0.3, -0.25) is 0 Å². The van der Waals surface area contributed by atoms with E-state index in [1.807, 2.05) is 27.7 Å². The van der Waals surface area contributed by atoms with Gasteiger partial charge >= 0.3 is 6.09 Å². The molecule has 5 heteroatoms. The van der Waals surface area contributed by atoms with Gasteiger partial charge in [0.05, 0.1) is 6.61 Å². The van der Waals surface area contributed by atoms with Crippen molar-refractivity contribution in [3.8, 4) is 0 Å². The molecule has 0 aromatic rings. The lowest BCUT2D eigenvalue weighted by Crippen LogP contribution is -2.43. The highest BCUT2D eigenvalue weighted by molar-refractivity contribution is 5.68. The van der Waals surface area contributed by atoms with Gasteiger partial charge in [-0.1, -0.05) is 0 Å². The van der Waals surface area contributed by atoms with Crippen molar-refractivity contribution in [1.29, 1.82) is 0 Å². The minimum absolute atomic E-state index is 0.222. The zero-order valence-electron chi connectivity index (χ0n) is 11.9. The largest absolute Gasteiger partial charge is 0.444 e. The molecule has 0 aliphatic heterocycles. The topological polar surface area (TPSA) is 59.6 Å². The third-order valence-electron chi connectivity index (χ3n) is 2.84. The summed E-state index contributed by atoms with van der Waals surface area (Å²) in [5.74, 6) is 0.